The molecule has 5 rings (SSSR count). The standard InChI is InChI=1S/C29H32ClFO6/c1-26-11-10-19(32)12-18(26)8-9-20-21-13-25(37-16-22(33)17-6-4-3-5-7-17)29(36,24(35)15-30)27(21,2)14-23(34)28(20,26)31/h3-7,10-12,20-21,23,25,34,36H,8-9,13-16H2,1-2H3/t20-,21-,23?,25?,26-,27-,28-,29+/m0/s1. The number of allylic oxidation sites excluding steroid dienone is 4. The maximum atomic E-state index is 17.3. The van der Waals surface area contributed by atoms with Crippen molar-refractivity contribution in [3.8, 4) is 0 Å². The molecular formula is C29H32ClFO6. The molecule has 1 aromatic rings. The Morgan fingerprint density at radius 3 is 2.57 bits per heavy atom. The fourth-order valence-electron chi connectivity index (χ4n) is 7.87. The number of carbonyl (C=O) groups is 3. The van der Waals surface area contributed by atoms with Gasteiger partial charge in [0.25, 0.3) is 0 Å². The summed E-state index contributed by atoms with van der Waals surface area (Å²) in [5.74, 6) is -2.90. The number of alkyl halides is 2. The van der Waals surface area contributed by atoms with Crippen LogP contribution in [-0.2, 0) is 14.3 Å². The third kappa shape index (κ3) is 3.50. The Morgan fingerprint density at radius 1 is 1.19 bits per heavy atom. The molecule has 0 amide bonds. The van der Waals surface area contributed by atoms with E-state index >= 15 is 4.39 Å². The van der Waals surface area contributed by atoms with E-state index in [2.05, 4.69) is 0 Å². The van der Waals surface area contributed by atoms with Crippen molar-refractivity contribution >= 4 is 29.0 Å². The summed E-state index contributed by atoms with van der Waals surface area (Å²) in [6.07, 6.45) is 2.51. The Labute approximate surface area is 220 Å². The van der Waals surface area contributed by atoms with Crippen molar-refractivity contribution in [3.05, 3.63) is 59.7 Å². The van der Waals surface area contributed by atoms with E-state index in [0.717, 1.165) is 0 Å². The average Bonchev–Trinajstić information content (AvgIpc) is 3.11. The van der Waals surface area contributed by atoms with Gasteiger partial charge in [0.2, 0.25) is 0 Å². The maximum absolute atomic E-state index is 17.3. The number of hydrogen-bond donors (Lipinski definition) is 2. The molecule has 2 unspecified atom stereocenters. The Balaban J connectivity index is 1.51. The number of benzene rings is 1. The summed E-state index contributed by atoms with van der Waals surface area (Å²) in [6.45, 7) is 3.04. The van der Waals surface area contributed by atoms with E-state index in [4.69, 9.17) is 16.3 Å². The Morgan fingerprint density at radius 2 is 1.89 bits per heavy atom. The van der Waals surface area contributed by atoms with E-state index in [1.54, 1.807) is 50.3 Å². The molecule has 0 spiro atoms. The molecule has 4 aliphatic carbocycles. The molecule has 0 heterocycles. The number of fused-ring (bicyclic) bond motifs is 5. The largest absolute Gasteiger partial charge is 0.390 e. The van der Waals surface area contributed by atoms with Gasteiger partial charge in [0.1, 0.15) is 6.61 Å². The van der Waals surface area contributed by atoms with E-state index in [-0.39, 0.29) is 31.0 Å². The lowest BCUT2D eigenvalue weighted by molar-refractivity contribution is -0.222. The van der Waals surface area contributed by atoms with Crippen molar-refractivity contribution in [2.45, 2.75) is 63.0 Å². The molecule has 198 valence electrons. The second-order valence-electron chi connectivity index (χ2n) is 11.4. The van der Waals surface area contributed by atoms with Crippen LogP contribution in [0.4, 0.5) is 4.39 Å². The van der Waals surface area contributed by atoms with E-state index in [9.17, 15) is 24.6 Å². The first-order valence-electron chi connectivity index (χ1n) is 12.8. The van der Waals surface area contributed by atoms with Crippen LogP contribution in [0.1, 0.15) is 49.9 Å². The fraction of sp³-hybridized carbons (Fsp3) is 0.552. The smallest absolute Gasteiger partial charge is 0.188 e. The lowest BCUT2D eigenvalue weighted by atomic mass is 9.44. The summed E-state index contributed by atoms with van der Waals surface area (Å²) in [6, 6.07) is 8.56. The SMILES string of the molecule is C[C@]12C=CC(=O)C=C1CC[C@H]1[C@@H]3CC(OCC(=O)c4ccccc4)[C@](O)(C(=O)CCl)[C@@]3(C)CC(O)[C@@]12F. The minimum Gasteiger partial charge on any atom is -0.390 e. The van der Waals surface area contributed by atoms with E-state index in [1.807, 2.05) is 0 Å². The van der Waals surface area contributed by atoms with Gasteiger partial charge in [-0.25, -0.2) is 4.39 Å². The zero-order valence-electron chi connectivity index (χ0n) is 21.0. The zero-order valence-corrected chi connectivity index (χ0v) is 21.7. The molecule has 1 aromatic carbocycles. The Bertz CT molecular complexity index is 1200. The number of ether oxygens (including phenoxy) is 1. The number of aliphatic hydroxyl groups is 2. The summed E-state index contributed by atoms with van der Waals surface area (Å²) in [7, 11) is 0. The number of aliphatic hydroxyl groups excluding tert-OH is 1. The van der Waals surface area contributed by atoms with Crippen LogP contribution in [0.15, 0.2) is 54.1 Å². The van der Waals surface area contributed by atoms with Gasteiger partial charge in [-0.3, -0.25) is 14.4 Å². The first-order chi connectivity index (χ1) is 17.4. The summed E-state index contributed by atoms with van der Waals surface area (Å²) >= 11 is 5.95. The number of carbonyl (C=O) groups excluding carboxylic acids is 3. The molecule has 8 heteroatoms. The van der Waals surface area contributed by atoms with Gasteiger partial charge in [-0.05, 0) is 50.7 Å². The van der Waals surface area contributed by atoms with Gasteiger partial charge in [-0.1, -0.05) is 48.9 Å². The normalized spacial score (nSPS) is 42.4. The van der Waals surface area contributed by atoms with Crippen LogP contribution in [-0.4, -0.2) is 63.5 Å². The second kappa shape index (κ2) is 8.94. The molecular weight excluding hydrogens is 499 g/mol. The topological polar surface area (TPSA) is 101 Å². The van der Waals surface area contributed by atoms with Crippen molar-refractivity contribution in [1.29, 1.82) is 0 Å². The molecule has 0 bridgehead atoms. The predicted octanol–water partition coefficient (Wildman–Crippen LogP) is 3.77. The molecule has 3 saturated carbocycles. The van der Waals surface area contributed by atoms with Crippen LogP contribution < -0.4 is 0 Å². The van der Waals surface area contributed by atoms with E-state index in [0.29, 0.717) is 24.0 Å². The highest BCUT2D eigenvalue weighted by Crippen LogP contribution is 2.70. The van der Waals surface area contributed by atoms with Crippen LogP contribution in [0.25, 0.3) is 0 Å². The lowest BCUT2D eigenvalue weighted by Gasteiger charge is -2.62. The number of halogens is 2. The van der Waals surface area contributed by atoms with Crippen molar-refractivity contribution in [2.75, 3.05) is 12.5 Å². The van der Waals surface area contributed by atoms with E-state index in [1.165, 1.54) is 12.2 Å². The number of rotatable bonds is 6. The van der Waals surface area contributed by atoms with Gasteiger partial charge in [-0.15, -0.1) is 11.6 Å². The van der Waals surface area contributed by atoms with Gasteiger partial charge in [0, 0.05) is 22.3 Å². The lowest BCUT2D eigenvalue weighted by Crippen LogP contribution is -2.69. The average molecular weight is 531 g/mol. The van der Waals surface area contributed by atoms with Crippen LogP contribution >= 0.6 is 11.6 Å². The Kier molecular flexibility index (Phi) is 6.38. The van der Waals surface area contributed by atoms with Crippen LogP contribution in [0, 0.1) is 22.7 Å². The molecule has 8 atom stereocenters. The minimum absolute atomic E-state index is 0.137. The molecule has 3 fully saturated rings. The van der Waals surface area contributed by atoms with Crippen LogP contribution in [0.3, 0.4) is 0 Å². The Hall–Kier alpha value is -2.19. The number of ketones is 3. The van der Waals surface area contributed by atoms with Gasteiger partial charge in [0.05, 0.1) is 18.1 Å². The summed E-state index contributed by atoms with van der Waals surface area (Å²) < 4.78 is 23.3. The second-order valence-corrected chi connectivity index (χ2v) is 11.7. The van der Waals surface area contributed by atoms with Crippen molar-refractivity contribution in [3.63, 3.8) is 0 Å². The number of Topliss-reactive ketones (excluding diaryl/α,β-unsaturated/α-hetero) is 2. The molecule has 37 heavy (non-hydrogen) atoms. The monoisotopic (exact) mass is 530 g/mol. The minimum atomic E-state index is -2.11. The van der Waals surface area contributed by atoms with E-state index < -0.39 is 57.8 Å². The molecule has 0 aliphatic heterocycles. The highest BCUT2D eigenvalue weighted by atomic mass is 35.5. The quantitative estimate of drug-likeness (QED) is 0.429. The van der Waals surface area contributed by atoms with Gasteiger partial charge in [0.15, 0.2) is 28.6 Å². The van der Waals surface area contributed by atoms with Gasteiger partial charge in [-0.2, -0.15) is 0 Å². The van der Waals surface area contributed by atoms with Gasteiger partial charge < -0.3 is 14.9 Å². The number of hydrogen-bond acceptors (Lipinski definition) is 6. The van der Waals surface area contributed by atoms with Gasteiger partial charge >= 0.3 is 0 Å². The van der Waals surface area contributed by atoms with Crippen molar-refractivity contribution in [1.82, 2.24) is 0 Å². The molecule has 0 radical (unpaired) electrons. The molecule has 6 nitrogen and oxygen atoms in total. The predicted molar refractivity (Wildman–Crippen MR) is 135 cm³/mol. The van der Waals surface area contributed by atoms with Crippen molar-refractivity contribution < 1.29 is 33.7 Å². The first-order valence-corrected chi connectivity index (χ1v) is 13.3. The fourth-order valence-corrected chi connectivity index (χ4v) is 8.08. The first kappa shape index (κ1) is 26.4. The zero-order chi connectivity index (χ0) is 26.8. The maximum Gasteiger partial charge on any atom is 0.188 e. The highest BCUT2D eigenvalue weighted by molar-refractivity contribution is 6.29. The highest BCUT2D eigenvalue weighted by Gasteiger charge is 2.76. The molecule has 0 saturated heterocycles. The van der Waals surface area contributed by atoms with Crippen LogP contribution in [0.5, 0.6) is 0 Å². The molecule has 2 N–H and O–H groups in total. The third-order valence-electron chi connectivity index (χ3n) is 9.89. The summed E-state index contributed by atoms with van der Waals surface area (Å²) in [5.41, 5.74) is -5.56. The molecule has 4 aliphatic rings. The van der Waals surface area contributed by atoms with Crippen molar-refractivity contribution in [2.24, 2.45) is 22.7 Å². The third-order valence-corrected chi connectivity index (χ3v) is 10.1. The summed E-state index contributed by atoms with van der Waals surface area (Å²) in [5, 5.41) is 23.4. The summed E-state index contributed by atoms with van der Waals surface area (Å²) in [4.78, 5) is 38.0. The van der Waals surface area contributed by atoms with Crippen LogP contribution in [0.2, 0.25) is 0 Å². The molecule has 0 aromatic heterocycles.